The minimum Gasteiger partial charge on any atom is -0.413 e. The summed E-state index contributed by atoms with van der Waals surface area (Å²) in [7, 11) is -0.237. The monoisotopic (exact) mass is 624 g/mol. The third-order valence-electron chi connectivity index (χ3n) is 8.70. The maximum absolute atomic E-state index is 13.1. The Bertz CT molecular complexity index is 1060. The Balaban J connectivity index is 1.86. The molecule has 0 saturated carbocycles. The molecule has 4 atom stereocenters. The van der Waals surface area contributed by atoms with Crippen molar-refractivity contribution >= 4 is 14.1 Å². The topological polar surface area (TPSA) is 54.0 Å². The van der Waals surface area contributed by atoms with Gasteiger partial charge in [0.2, 0.25) is 0 Å². The van der Waals surface area contributed by atoms with Crippen molar-refractivity contribution in [2.45, 2.75) is 129 Å². The van der Waals surface area contributed by atoms with Gasteiger partial charge in [-0.15, -0.1) is 0 Å². The van der Waals surface area contributed by atoms with Crippen LogP contribution in [-0.4, -0.2) is 46.1 Å². The van der Waals surface area contributed by atoms with Crippen molar-refractivity contribution in [1.29, 1.82) is 0 Å². The molecule has 0 radical (unpaired) electrons. The highest BCUT2D eigenvalue weighted by Gasteiger charge is 2.39. The number of hydrogen-bond acceptors (Lipinski definition) is 5. The molecule has 246 valence electrons. The van der Waals surface area contributed by atoms with Crippen molar-refractivity contribution in [3.05, 3.63) is 83.9 Å². The summed E-state index contributed by atoms with van der Waals surface area (Å²) in [6, 6.07) is 20.5. The van der Waals surface area contributed by atoms with Crippen LogP contribution >= 0.6 is 0 Å². The summed E-state index contributed by atoms with van der Waals surface area (Å²) in [5.74, 6) is 0.510. The summed E-state index contributed by atoms with van der Waals surface area (Å²) in [5.41, 5.74) is 2.35. The molecule has 2 aromatic carbocycles. The van der Waals surface area contributed by atoms with Crippen molar-refractivity contribution in [2.24, 2.45) is 5.92 Å². The van der Waals surface area contributed by atoms with Gasteiger partial charge in [0, 0.05) is 20.1 Å². The van der Waals surface area contributed by atoms with Gasteiger partial charge in [0.1, 0.15) is 0 Å². The van der Waals surface area contributed by atoms with E-state index >= 15 is 0 Å². The van der Waals surface area contributed by atoms with Crippen molar-refractivity contribution in [3.8, 4) is 0 Å². The van der Waals surface area contributed by atoms with Crippen molar-refractivity contribution in [1.82, 2.24) is 0 Å². The van der Waals surface area contributed by atoms with Crippen LogP contribution in [0.5, 0.6) is 0 Å². The van der Waals surface area contributed by atoms with E-state index < -0.39 is 8.32 Å². The molecule has 0 bridgehead atoms. The van der Waals surface area contributed by atoms with Crippen molar-refractivity contribution in [2.75, 3.05) is 13.7 Å². The standard InChI is InChI=1S/C38H60O5Si/c1-9-17-35(42-30-33-21-14-11-15-22-33)28-37(40-6)26-31(2)18-16-23-34(39)27-36(43-44(7,8)38(3,4)5)24-25-41-29-32-19-12-10-13-20-32/h10-16,19-23,31,35-37H,9,17-18,24-30H2,1-8H3/b23-16+/t31-,35+,36+,37+/m1/s1. The second kappa shape index (κ2) is 20.1. The highest BCUT2D eigenvalue weighted by molar-refractivity contribution is 6.74. The van der Waals surface area contributed by atoms with Gasteiger partial charge in [0.25, 0.3) is 0 Å². The summed E-state index contributed by atoms with van der Waals surface area (Å²) >= 11 is 0. The fourth-order valence-electron chi connectivity index (χ4n) is 5.01. The minimum atomic E-state index is -2.03. The Kier molecular flexibility index (Phi) is 17.4. The molecule has 0 heterocycles. The first-order valence-electron chi connectivity index (χ1n) is 16.6. The van der Waals surface area contributed by atoms with Crippen LogP contribution in [0.2, 0.25) is 18.1 Å². The summed E-state index contributed by atoms with van der Waals surface area (Å²) in [4.78, 5) is 13.1. The first-order valence-corrected chi connectivity index (χ1v) is 19.5. The van der Waals surface area contributed by atoms with Crippen LogP contribution < -0.4 is 0 Å². The van der Waals surface area contributed by atoms with E-state index in [1.54, 1.807) is 13.2 Å². The second-order valence-electron chi connectivity index (χ2n) is 13.8. The van der Waals surface area contributed by atoms with Crippen molar-refractivity contribution in [3.63, 3.8) is 0 Å². The number of methoxy groups -OCH3 is 1. The van der Waals surface area contributed by atoms with E-state index in [4.69, 9.17) is 18.6 Å². The highest BCUT2D eigenvalue weighted by Crippen LogP contribution is 2.38. The molecule has 0 spiro atoms. The van der Waals surface area contributed by atoms with Crippen LogP contribution in [0.3, 0.4) is 0 Å². The number of rotatable bonds is 22. The molecule has 0 unspecified atom stereocenters. The molecule has 0 saturated heterocycles. The number of ether oxygens (including phenoxy) is 3. The predicted octanol–water partition coefficient (Wildman–Crippen LogP) is 9.71. The molecule has 0 aliphatic rings. The predicted molar refractivity (Wildman–Crippen MR) is 185 cm³/mol. The molecule has 0 N–H and O–H groups in total. The van der Waals surface area contributed by atoms with E-state index in [0.29, 0.717) is 38.6 Å². The molecule has 0 aliphatic heterocycles. The van der Waals surface area contributed by atoms with E-state index in [2.05, 4.69) is 84.1 Å². The number of carbonyl (C=O) groups is 1. The molecule has 0 fully saturated rings. The average molecular weight is 625 g/mol. The summed E-state index contributed by atoms with van der Waals surface area (Å²) < 4.78 is 24.8. The van der Waals surface area contributed by atoms with Crippen LogP contribution in [0.15, 0.2) is 72.8 Å². The van der Waals surface area contributed by atoms with E-state index in [1.807, 2.05) is 30.3 Å². The largest absolute Gasteiger partial charge is 0.413 e. The number of allylic oxidation sites excluding steroid dienone is 2. The molecule has 0 amide bonds. The summed E-state index contributed by atoms with van der Waals surface area (Å²) in [5, 5.41) is 0.0745. The Morgan fingerprint density at radius 2 is 1.48 bits per heavy atom. The van der Waals surface area contributed by atoms with Gasteiger partial charge in [-0.3, -0.25) is 4.79 Å². The smallest absolute Gasteiger partial charge is 0.192 e. The second-order valence-corrected chi connectivity index (χ2v) is 18.5. The normalized spacial score (nSPS) is 15.3. The van der Waals surface area contributed by atoms with Gasteiger partial charge in [-0.2, -0.15) is 0 Å². The third-order valence-corrected chi connectivity index (χ3v) is 13.2. The number of benzene rings is 2. The van der Waals surface area contributed by atoms with Crippen LogP contribution in [0.25, 0.3) is 0 Å². The van der Waals surface area contributed by atoms with Gasteiger partial charge >= 0.3 is 0 Å². The Labute approximate surface area is 269 Å². The molecule has 2 rings (SSSR count). The van der Waals surface area contributed by atoms with Gasteiger partial charge in [-0.05, 0) is 73.4 Å². The van der Waals surface area contributed by atoms with Crippen LogP contribution in [-0.2, 0) is 36.6 Å². The van der Waals surface area contributed by atoms with Gasteiger partial charge in [0.05, 0.1) is 31.5 Å². The van der Waals surface area contributed by atoms with E-state index in [1.165, 1.54) is 5.56 Å². The Hall–Kier alpha value is -2.09. The van der Waals surface area contributed by atoms with Crippen LogP contribution in [0.1, 0.15) is 90.7 Å². The molecule has 5 nitrogen and oxygen atoms in total. The third kappa shape index (κ3) is 15.3. The number of hydrogen-bond donors (Lipinski definition) is 0. The van der Waals surface area contributed by atoms with Gasteiger partial charge in [0.15, 0.2) is 14.1 Å². The van der Waals surface area contributed by atoms with Crippen LogP contribution in [0.4, 0.5) is 0 Å². The number of ketones is 1. The summed E-state index contributed by atoms with van der Waals surface area (Å²) in [6.07, 6.45) is 9.76. The molecular formula is C38H60O5Si. The first kappa shape index (κ1) is 38.1. The zero-order valence-electron chi connectivity index (χ0n) is 28.8. The van der Waals surface area contributed by atoms with Gasteiger partial charge in [-0.25, -0.2) is 0 Å². The molecule has 0 aliphatic carbocycles. The fraction of sp³-hybridized carbons (Fsp3) is 0.605. The number of carbonyl (C=O) groups excluding carboxylic acids is 1. The average Bonchev–Trinajstić information content (AvgIpc) is 2.98. The van der Waals surface area contributed by atoms with E-state index in [9.17, 15) is 4.79 Å². The molecule has 0 aromatic heterocycles. The SMILES string of the molecule is CCC[C@@H](C[C@H](C[C@H](C)C/C=C/C(=O)C[C@H](CCOCc1ccccc1)O[Si](C)(C)C(C)(C)C)OC)OCc1ccccc1. The van der Waals surface area contributed by atoms with E-state index in [0.717, 1.165) is 37.7 Å². The maximum Gasteiger partial charge on any atom is 0.192 e. The first-order chi connectivity index (χ1) is 20.9. The molecule has 44 heavy (non-hydrogen) atoms. The van der Waals surface area contributed by atoms with Crippen molar-refractivity contribution < 1.29 is 23.4 Å². The quantitative estimate of drug-likeness (QED) is 0.0742. The zero-order chi connectivity index (χ0) is 32.4. The molecule has 6 heteroatoms. The van der Waals surface area contributed by atoms with Gasteiger partial charge in [-0.1, -0.05) is 108 Å². The van der Waals surface area contributed by atoms with E-state index in [-0.39, 0.29) is 29.1 Å². The Morgan fingerprint density at radius 1 is 0.864 bits per heavy atom. The maximum atomic E-state index is 13.1. The lowest BCUT2D eigenvalue weighted by atomic mass is 9.95. The Morgan fingerprint density at radius 3 is 2.05 bits per heavy atom. The lowest BCUT2D eigenvalue weighted by molar-refractivity contribution is -0.116. The van der Waals surface area contributed by atoms with Gasteiger partial charge < -0.3 is 18.6 Å². The zero-order valence-corrected chi connectivity index (χ0v) is 29.8. The minimum absolute atomic E-state index is 0.0745. The lowest BCUT2D eigenvalue weighted by Gasteiger charge is -2.39. The molecular weight excluding hydrogens is 564 g/mol. The summed E-state index contributed by atoms with van der Waals surface area (Å²) in [6.45, 7) is 17.4. The fourth-order valence-corrected chi connectivity index (χ4v) is 6.39. The van der Waals surface area contributed by atoms with Crippen LogP contribution in [0, 0.1) is 5.92 Å². The highest BCUT2D eigenvalue weighted by atomic mass is 28.4. The lowest BCUT2D eigenvalue weighted by Crippen LogP contribution is -2.44. The molecule has 2 aromatic rings.